The summed E-state index contributed by atoms with van der Waals surface area (Å²) in [7, 11) is 0. The number of hydrogen-bond donors (Lipinski definition) is 0. The maximum atomic E-state index is 9.78. The first-order valence-corrected chi connectivity index (χ1v) is 9.44. The molecule has 0 N–H and O–H groups in total. The van der Waals surface area contributed by atoms with Gasteiger partial charge in [-0.2, -0.15) is 5.26 Å². The quantitative estimate of drug-likeness (QED) is 0.805. The Kier molecular flexibility index (Phi) is 5.81. The van der Waals surface area contributed by atoms with Crippen LogP contribution in [0.15, 0.2) is 0 Å². The number of morpholine rings is 1. The third-order valence-electron chi connectivity index (χ3n) is 5.03. The minimum Gasteiger partial charge on any atom is -0.475 e. The molecule has 6 heteroatoms. The topological polar surface area (TPSA) is 67.6 Å². The van der Waals surface area contributed by atoms with Gasteiger partial charge in [0.2, 0.25) is 5.88 Å². The van der Waals surface area contributed by atoms with Gasteiger partial charge in [-0.05, 0) is 25.3 Å². The molecule has 0 aliphatic carbocycles. The number of nitriles is 1. The van der Waals surface area contributed by atoms with Crippen molar-refractivity contribution in [1.29, 1.82) is 5.26 Å². The monoisotopic (exact) mass is 359 g/mol. The molecule has 1 fully saturated rings. The Morgan fingerprint density at radius 2 is 2.00 bits per heavy atom. The lowest BCUT2D eigenvalue weighted by Crippen LogP contribution is -2.38. The zero-order valence-corrected chi connectivity index (χ0v) is 16.3. The molecule has 0 unspecified atom stereocenters. The molecule has 0 bridgehead atoms. The Morgan fingerprint density at radius 3 is 2.65 bits per heavy atom. The first kappa shape index (κ1) is 19.1. The van der Waals surface area contributed by atoms with Crippen molar-refractivity contribution >= 4 is 0 Å². The van der Waals surface area contributed by atoms with E-state index in [4.69, 9.17) is 19.2 Å². The molecule has 3 heterocycles. The van der Waals surface area contributed by atoms with Gasteiger partial charge in [-0.3, -0.25) is 4.90 Å². The van der Waals surface area contributed by atoms with Crippen molar-refractivity contribution < 1.29 is 14.2 Å². The summed E-state index contributed by atoms with van der Waals surface area (Å²) < 4.78 is 17.3. The summed E-state index contributed by atoms with van der Waals surface area (Å²) in [5, 5.41) is 9.78. The van der Waals surface area contributed by atoms with E-state index in [1.165, 1.54) is 0 Å². The minimum absolute atomic E-state index is 0.253. The summed E-state index contributed by atoms with van der Waals surface area (Å²) in [6.45, 7) is 13.6. The number of hydrogen-bond acceptors (Lipinski definition) is 6. The number of fused-ring (bicyclic) bond motifs is 1. The Hall–Kier alpha value is -1.68. The molecule has 2 aliphatic rings. The maximum absolute atomic E-state index is 9.78. The van der Waals surface area contributed by atoms with E-state index in [1.807, 2.05) is 0 Å². The largest absolute Gasteiger partial charge is 0.475 e. The van der Waals surface area contributed by atoms with E-state index in [-0.39, 0.29) is 11.5 Å². The molecule has 0 amide bonds. The molecule has 3 rings (SSSR count). The van der Waals surface area contributed by atoms with Crippen LogP contribution in [0, 0.1) is 11.3 Å². The van der Waals surface area contributed by atoms with Gasteiger partial charge in [0.1, 0.15) is 18.2 Å². The Morgan fingerprint density at radius 1 is 1.27 bits per heavy atom. The standard InChI is InChI=1S/C20H29N3O3/c1-14(2)18-17-13-26-20(3,4)11-15(17)16(12-21)19(22-18)25-10-7-23-5-8-24-9-6-23/h14H,5-11,13H2,1-4H3. The lowest BCUT2D eigenvalue weighted by molar-refractivity contribution is -0.0409. The lowest BCUT2D eigenvalue weighted by Gasteiger charge is -2.34. The predicted molar refractivity (Wildman–Crippen MR) is 98.4 cm³/mol. The van der Waals surface area contributed by atoms with Gasteiger partial charge in [0.25, 0.3) is 0 Å². The van der Waals surface area contributed by atoms with Gasteiger partial charge >= 0.3 is 0 Å². The van der Waals surface area contributed by atoms with Gasteiger partial charge in [0.05, 0.1) is 31.1 Å². The van der Waals surface area contributed by atoms with E-state index in [0.29, 0.717) is 31.1 Å². The SMILES string of the molecule is CC(C)c1nc(OCCN2CCOCC2)c(C#N)c2c1COC(C)(C)C2. The fourth-order valence-electron chi connectivity index (χ4n) is 3.56. The van der Waals surface area contributed by atoms with Crippen LogP contribution >= 0.6 is 0 Å². The predicted octanol–water partition coefficient (Wildman–Crippen LogP) is 2.64. The molecular weight excluding hydrogens is 330 g/mol. The second-order valence-corrected chi connectivity index (χ2v) is 7.93. The van der Waals surface area contributed by atoms with E-state index < -0.39 is 0 Å². The molecule has 0 atom stereocenters. The molecule has 26 heavy (non-hydrogen) atoms. The van der Waals surface area contributed by atoms with Crippen LogP contribution in [0.3, 0.4) is 0 Å². The molecule has 0 saturated carbocycles. The molecular formula is C20H29N3O3. The van der Waals surface area contributed by atoms with Gasteiger partial charge in [0.15, 0.2) is 0 Å². The van der Waals surface area contributed by atoms with E-state index in [0.717, 1.165) is 49.7 Å². The third-order valence-corrected chi connectivity index (χ3v) is 5.03. The fraction of sp³-hybridized carbons (Fsp3) is 0.700. The van der Waals surface area contributed by atoms with Gasteiger partial charge in [-0.1, -0.05) is 13.8 Å². The number of rotatable bonds is 5. The van der Waals surface area contributed by atoms with E-state index in [9.17, 15) is 5.26 Å². The highest BCUT2D eigenvalue weighted by atomic mass is 16.5. The van der Waals surface area contributed by atoms with Gasteiger partial charge < -0.3 is 14.2 Å². The molecule has 0 aromatic carbocycles. The molecule has 1 saturated heterocycles. The van der Waals surface area contributed by atoms with Crippen LogP contribution < -0.4 is 4.74 Å². The van der Waals surface area contributed by atoms with E-state index in [2.05, 4.69) is 38.7 Å². The zero-order chi connectivity index (χ0) is 18.7. The van der Waals surface area contributed by atoms with Crippen LogP contribution in [0.1, 0.15) is 56.0 Å². The summed E-state index contributed by atoms with van der Waals surface area (Å²) in [6.07, 6.45) is 0.702. The van der Waals surface area contributed by atoms with Crippen molar-refractivity contribution in [1.82, 2.24) is 9.88 Å². The number of pyridine rings is 1. The van der Waals surface area contributed by atoms with Gasteiger partial charge in [-0.15, -0.1) is 0 Å². The molecule has 142 valence electrons. The van der Waals surface area contributed by atoms with Crippen molar-refractivity contribution in [2.45, 2.75) is 52.2 Å². The highest BCUT2D eigenvalue weighted by Crippen LogP contribution is 2.37. The summed E-state index contributed by atoms with van der Waals surface area (Å²) in [5.41, 5.74) is 3.39. The molecule has 0 radical (unpaired) electrons. The van der Waals surface area contributed by atoms with Crippen molar-refractivity contribution in [3.8, 4) is 11.9 Å². The van der Waals surface area contributed by atoms with Crippen LogP contribution in [-0.4, -0.2) is 54.9 Å². The summed E-state index contributed by atoms with van der Waals surface area (Å²) in [5.74, 6) is 0.726. The molecule has 2 aliphatic heterocycles. The minimum atomic E-state index is -0.278. The molecule has 0 spiro atoms. The van der Waals surface area contributed by atoms with Crippen molar-refractivity contribution in [2.24, 2.45) is 0 Å². The third kappa shape index (κ3) is 4.17. The first-order valence-electron chi connectivity index (χ1n) is 9.44. The van der Waals surface area contributed by atoms with Crippen molar-refractivity contribution in [3.63, 3.8) is 0 Å². The highest BCUT2D eigenvalue weighted by Gasteiger charge is 2.32. The van der Waals surface area contributed by atoms with E-state index >= 15 is 0 Å². The smallest absolute Gasteiger partial charge is 0.232 e. The van der Waals surface area contributed by atoms with Gasteiger partial charge in [-0.25, -0.2) is 4.98 Å². The lowest BCUT2D eigenvalue weighted by atomic mass is 9.86. The Balaban J connectivity index is 1.84. The van der Waals surface area contributed by atoms with Crippen molar-refractivity contribution in [3.05, 3.63) is 22.4 Å². The Bertz CT molecular complexity index is 689. The fourth-order valence-corrected chi connectivity index (χ4v) is 3.56. The highest BCUT2D eigenvalue weighted by molar-refractivity contribution is 5.52. The molecule has 1 aromatic rings. The van der Waals surface area contributed by atoms with Crippen molar-refractivity contribution in [2.75, 3.05) is 39.5 Å². The van der Waals surface area contributed by atoms with Gasteiger partial charge in [0, 0.05) is 31.6 Å². The average Bonchev–Trinajstić information content (AvgIpc) is 2.61. The number of aromatic nitrogens is 1. The van der Waals surface area contributed by atoms with Crippen LogP contribution in [-0.2, 0) is 22.5 Å². The zero-order valence-electron chi connectivity index (χ0n) is 16.3. The number of nitrogens with zero attached hydrogens (tertiary/aromatic N) is 3. The normalized spacial score (nSPS) is 19.8. The first-order chi connectivity index (χ1) is 12.4. The summed E-state index contributed by atoms with van der Waals surface area (Å²) >= 11 is 0. The van der Waals surface area contributed by atoms with Crippen LogP contribution in [0.5, 0.6) is 5.88 Å². The van der Waals surface area contributed by atoms with Crippen LogP contribution in [0.4, 0.5) is 0 Å². The van der Waals surface area contributed by atoms with E-state index in [1.54, 1.807) is 0 Å². The Labute approximate surface area is 156 Å². The number of ether oxygens (including phenoxy) is 3. The van der Waals surface area contributed by atoms with Crippen LogP contribution in [0.25, 0.3) is 0 Å². The summed E-state index contributed by atoms with van der Waals surface area (Å²) in [4.78, 5) is 7.03. The van der Waals surface area contributed by atoms with Crippen LogP contribution in [0.2, 0.25) is 0 Å². The maximum Gasteiger partial charge on any atom is 0.232 e. The molecule has 1 aromatic heterocycles. The molecule has 6 nitrogen and oxygen atoms in total. The summed E-state index contributed by atoms with van der Waals surface area (Å²) in [6, 6.07) is 2.34. The second-order valence-electron chi connectivity index (χ2n) is 7.93. The second kappa shape index (κ2) is 7.91. The average molecular weight is 359 g/mol.